The minimum atomic E-state index is 0.0666. The summed E-state index contributed by atoms with van der Waals surface area (Å²) in [5.74, 6) is 0.304. The molecule has 1 aliphatic rings. The summed E-state index contributed by atoms with van der Waals surface area (Å²) in [5.41, 5.74) is 3.58. The molecule has 6 heteroatoms. The number of carbonyl (C=O) groups is 1. The monoisotopic (exact) mass is 377 g/mol. The molecule has 146 valence electrons. The van der Waals surface area contributed by atoms with Crippen LogP contribution in [-0.2, 0) is 0 Å². The Morgan fingerprint density at radius 2 is 1.93 bits per heavy atom. The van der Waals surface area contributed by atoms with Crippen molar-refractivity contribution in [2.24, 2.45) is 0 Å². The van der Waals surface area contributed by atoms with Crippen molar-refractivity contribution >= 4 is 16.9 Å². The Morgan fingerprint density at radius 1 is 1.18 bits per heavy atom. The van der Waals surface area contributed by atoms with Gasteiger partial charge < -0.3 is 4.90 Å². The number of likely N-dealkylation sites (tertiary alicyclic amines) is 1. The highest BCUT2D eigenvalue weighted by molar-refractivity contribution is 6.05. The Bertz CT molecular complexity index is 993. The van der Waals surface area contributed by atoms with Crippen LogP contribution in [0.15, 0.2) is 36.8 Å². The number of nitrogens with zero attached hydrogens (tertiary/aromatic N) is 5. The maximum absolute atomic E-state index is 13.6. The van der Waals surface area contributed by atoms with Crippen molar-refractivity contribution in [3.05, 3.63) is 53.6 Å². The molecule has 0 bridgehead atoms. The summed E-state index contributed by atoms with van der Waals surface area (Å²) in [6.07, 6.45) is 7.37. The summed E-state index contributed by atoms with van der Waals surface area (Å²) in [6, 6.07) is 6.26. The van der Waals surface area contributed by atoms with E-state index in [4.69, 9.17) is 4.98 Å². The summed E-state index contributed by atoms with van der Waals surface area (Å²) in [4.78, 5) is 24.6. The Kier molecular flexibility index (Phi) is 4.87. The van der Waals surface area contributed by atoms with Gasteiger partial charge in [-0.15, -0.1) is 0 Å². The predicted molar refractivity (Wildman–Crippen MR) is 109 cm³/mol. The van der Waals surface area contributed by atoms with Gasteiger partial charge in [-0.1, -0.05) is 13.8 Å². The first-order valence-electron chi connectivity index (χ1n) is 10.1. The molecule has 0 radical (unpaired) electrons. The summed E-state index contributed by atoms with van der Waals surface area (Å²) >= 11 is 0. The van der Waals surface area contributed by atoms with Gasteiger partial charge in [0.1, 0.15) is 0 Å². The second-order valence-electron chi connectivity index (χ2n) is 8.11. The van der Waals surface area contributed by atoms with Crippen molar-refractivity contribution < 1.29 is 4.79 Å². The van der Waals surface area contributed by atoms with Gasteiger partial charge in [0.2, 0.25) is 0 Å². The Balaban J connectivity index is 1.80. The van der Waals surface area contributed by atoms with Crippen molar-refractivity contribution in [2.75, 3.05) is 6.54 Å². The molecule has 28 heavy (non-hydrogen) atoms. The highest BCUT2D eigenvalue weighted by atomic mass is 16.2. The maximum atomic E-state index is 13.6. The van der Waals surface area contributed by atoms with Gasteiger partial charge in [-0.25, -0.2) is 9.67 Å². The first kappa shape index (κ1) is 18.6. The quantitative estimate of drug-likeness (QED) is 0.671. The van der Waals surface area contributed by atoms with Crippen molar-refractivity contribution in [3.63, 3.8) is 0 Å². The van der Waals surface area contributed by atoms with Gasteiger partial charge in [-0.05, 0) is 56.4 Å². The van der Waals surface area contributed by atoms with E-state index in [2.05, 4.69) is 37.8 Å². The van der Waals surface area contributed by atoms with Gasteiger partial charge in [0.05, 0.1) is 23.2 Å². The molecule has 4 heterocycles. The van der Waals surface area contributed by atoms with Crippen LogP contribution in [0.4, 0.5) is 0 Å². The van der Waals surface area contributed by atoms with Crippen LogP contribution in [0.3, 0.4) is 0 Å². The van der Waals surface area contributed by atoms with E-state index >= 15 is 0 Å². The molecule has 0 spiro atoms. The third kappa shape index (κ3) is 3.17. The molecule has 3 aromatic heterocycles. The summed E-state index contributed by atoms with van der Waals surface area (Å²) < 4.78 is 1.91. The van der Waals surface area contributed by atoms with Gasteiger partial charge in [0.25, 0.3) is 5.91 Å². The minimum absolute atomic E-state index is 0.0666. The molecule has 1 amide bonds. The molecule has 1 aliphatic heterocycles. The Hall–Kier alpha value is -2.76. The van der Waals surface area contributed by atoms with Crippen LogP contribution >= 0.6 is 0 Å². The number of carbonyl (C=O) groups excluding carboxylic acids is 1. The van der Waals surface area contributed by atoms with Gasteiger partial charge in [-0.2, -0.15) is 5.10 Å². The van der Waals surface area contributed by atoms with Gasteiger partial charge >= 0.3 is 0 Å². The molecule has 0 N–H and O–H groups in total. The second-order valence-corrected chi connectivity index (χ2v) is 8.11. The number of hydrogen-bond acceptors (Lipinski definition) is 4. The van der Waals surface area contributed by atoms with E-state index < -0.39 is 0 Å². The molecule has 1 unspecified atom stereocenters. The zero-order chi connectivity index (χ0) is 19.8. The van der Waals surface area contributed by atoms with Gasteiger partial charge in [0.15, 0.2) is 5.65 Å². The molecule has 1 fully saturated rings. The van der Waals surface area contributed by atoms with Crippen molar-refractivity contribution in [1.82, 2.24) is 24.6 Å². The SMILES string of the molecule is CC(C)c1cc(C(=O)N2CCCC2c2ccncc2)c2cnn(C(C)C)c2n1. The van der Waals surface area contributed by atoms with E-state index in [-0.39, 0.29) is 23.9 Å². The van der Waals surface area contributed by atoms with Crippen LogP contribution in [0.1, 0.15) is 80.2 Å². The molecule has 4 rings (SSSR count). The summed E-state index contributed by atoms with van der Waals surface area (Å²) in [5, 5.41) is 5.35. The lowest BCUT2D eigenvalue weighted by Gasteiger charge is -2.25. The average molecular weight is 377 g/mol. The fourth-order valence-corrected chi connectivity index (χ4v) is 3.98. The summed E-state index contributed by atoms with van der Waals surface area (Å²) in [7, 11) is 0. The van der Waals surface area contributed by atoms with Crippen molar-refractivity contribution in [2.45, 2.75) is 58.5 Å². The minimum Gasteiger partial charge on any atom is -0.332 e. The van der Waals surface area contributed by atoms with Crippen LogP contribution in [0.25, 0.3) is 11.0 Å². The van der Waals surface area contributed by atoms with Gasteiger partial charge in [-0.3, -0.25) is 9.78 Å². The molecule has 0 aliphatic carbocycles. The first-order chi connectivity index (χ1) is 13.5. The van der Waals surface area contributed by atoms with Gasteiger partial charge in [0, 0.05) is 30.7 Å². The van der Waals surface area contributed by atoms with E-state index in [1.54, 1.807) is 18.6 Å². The molecule has 0 saturated carbocycles. The second kappa shape index (κ2) is 7.34. The lowest BCUT2D eigenvalue weighted by atomic mass is 10.0. The normalized spacial score (nSPS) is 17.2. The van der Waals surface area contributed by atoms with Crippen LogP contribution < -0.4 is 0 Å². The number of rotatable bonds is 4. The van der Waals surface area contributed by atoms with Crippen LogP contribution in [0, 0.1) is 0 Å². The molecule has 0 aromatic carbocycles. The average Bonchev–Trinajstić information content (AvgIpc) is 3.34. The van der Waals surface area contributed by atoms with Crippen LogP contribution in [0.5, 0.6) is 0 Å². The number of fused-ring (bicyclic) bond motifs is 1. The van der Waals surface area contributed by atoms with Crippen LogP contribution in [-0.4, -0.2) is 37.1 Å². The lowest BCUT2D eigenvalue weighted by molar-refractivity contribution is 0.0737. The molecule has 1 atom stereocenters. The number of pyridine rings is 2. The van der Waals surface area contributed by atoms with E-state index in [1.807, 2.05) is 27.8 Å². The van der Waals surface area contributed by atoms with Crippen molar-refractivity contribution in [1.29, 1.82) is 0 Å². The Labute approximate surface area is 165 Å². The van der Waals surface area contributed by atoms with E-state index in [1.165, 1.54) is 0 Å². The molecular formula is C22H27N5O. The predicted octanol–water partition coefficient (Wildman–Crippen LogP) is 4.51. The molecule has 6 nitrogen and oxygen atoms in total. The zero-order valence-corrected chi connectivity index (χ0v) is 17.0. The number of aromatic nitrogens is 4. The lowest BCUT2D eigenvalue weighted by Crippen LogP contribution is -2.31. The third-order valence-corrected chi connectivity index (χ3v) is 5.50. The van der Waals surface area contributed by atoms with Crippen LogP contribution in [0.2, 0.25) is 0 Å². The fourth-order valence-electron chi connectivity index (χ4n) is 3.98. The molecule has 1 saturated heterocycles. The largest absolute Gasteiger partial charge is 0.332 e. The topological polar surface area (TPSA) is 63.9 Å². The van der Waals surface area contributed by atoms with E-state index in [9.17, 15) is 4.79 Å². The number of amides is 1. The van der Waals surface area contributed by atoms with E-state index in [0.29, 0.717) is 5.56 Å². The third-order valence-electron chi connectivity index (χ3n) is 5.50. The standard InChI is InChI=1S/C22H27N5O/c1-14(2)19-12-17(18-13-24-27(15(3)4)21(18)25-19)22(28)26-11-5-6-20(26)16-7-9-23-10-8-16/h7-10,12-15,20H,5-6,11H2,1-4H3. The molecular weight excluding hydrogens is 350 g/mol. The Morgan fingerprint density at radius 3 is 2.61 bits per heavy atom. The highest BCUT2D eigenvalue weighted by Crippen LogP contribution is 2.34. The zero-order valence-electron chi connectivity index (χ0n) is 17.0. The summed E-state index contributed by atoms with van der Waals surface area (Å²) in [6.45, 7) is 9.14. The first-order valence-corrected chi connectivity index (χ1v) is 10.1. The number of hydrogen-bond donors (Lipinski definition) is 0. The van der Waals surface area contributed by atoms with Crippen molar-refractivity contribution in [3.8, 4) is 0 Å². The molecule has 3 aromatic rings. The smallest absolute Gasteiger partial charge is 0.255 e. The van der Waals surface area contributed by atoms with E-state index in [0.717, 1.165) is 41.7 Å². The highest BCUT2D eigenvalue weighted by Gasteiger charge is 2.32. The fraction of sp³-hybridized carbons (Fsp3) is 0.455. The maximum Gasteiger partial charge on any atom is 0.255 e.